The van der Waals surface area contributed by atoms with Crippen LogP contribution in [0.2, 0.25) is 0 Å². The third kappa shape index (κ3) is 4.96. The van der Waals surface area contributed by atoms with Gasteiger partial charge in [0.25, 0.3) is 0 Å². The third-order valence-electron chi connectivity index (χ3n) is 5.98. The van der Waals surface area contributed by atoms with Gasteiger partial charge in [-0.25, -0.2) is 0 Å². The number of nitrogens with one attached hydrogen (secondary N) is 1. The Hall–Kier alpha value is -0.0800. The molecule has 0 spiro atoms. The molecule has 2 aliphatic rings. The van der Waals surface area contributed by atoms with Crippen molar-refractivity contribution >= 4 is 0 Å². The summed E-state index contributed by atoms with van der Waals surface area (Å²) in [6.07, 6.45) is 9.75. The lowest BCUT2D eigenvalue weighted by Crippen LogP contribution is -2.54. The largest absolute Gasteiger partial charge is 0.312 e. The second kappa shape index (κ2) is 8.53. The van der Waals surface area contributed by atoms with E-state index in [1.54, 1.807) is 0 Å². The summed E-state index contributed by atoms with van der Waals surface area (Å²) in [6, 6.07) is 1.54. The van der Waals surface area contributed by atoms with Gasteiger partial charge in [-0.1, -0.05) is 27.7 Å². The minimum atomic E-state index is 0.744. The molecule has 4 atom stereocenters. The van der Waals surface area contributed by atoms with Crippen molar-refractivity contribution in [1.29, 1.82) is 0 Å². The maximum absolute atomic E-state index is 3.87. The average molecular weight is 295 g/mol. The van der Waals surface area contributed by atoms with Crippen molar-refractivity contribution in [2.75, 3.05) is 19.6 Å². The Balaban J connectivity index is 2.00. The molecule has 1 N–H and O–H groups in total. The van der Waals surface area contributed by atoms with Crippen LogP contribution in [0.25, 0.3) is 0 Å². The Kier molecular flexibility index (Phi) is 7.01. The monoisotopic (exact) mass is 294 g/mol. The molecule has 0 radical (unpaired) electrons. The van der Waals surface area contributed by atoms with Crippen LogP contribution in [-0.2, 0) is 0 Å². The maximum Gasteiger partial charge on any atom is 0.0252 e. The van der Waals surface area contributed by atoms with E-state index in [1.165, 1.54) is 64.6 Å². The summed E-state index contributed by atoms with van der Waals surface area (Å²) in [5.41, 5.74) is 0. The van der Waals surface area contributed by atoms with Crippen molar-refractivity contribution in [2.24, 2.45) is 17.8 Å². The second-order valence-corrected chi connectivity index (χ2v) is 8.02. The summed E-state index contributed by atoms with van der Waals surface area (Å²) < 4.78 is 0. The van der Waals surface area contributed by atoms with Crippen LogP contribution in [0.4, 0.5) is 0 Å². The first kappa shape index (κ1) is 17.3. The lowest BCUT2D eigenvalue weighted by molar-refractivity contribution is 0.0847. The van der Waals surface area contributed by atoms with Gasteiger partial charge in [0, 0.05) is 12.1 Å². The highest BCUT2D eigenvalue weighted by atomic mass is 15.2. The second-order valence-electron chi connectivity index (χ2n) is 8.02. The van der Waals surface area contributed by atoms with E-state index in [0.717, 1.165) is 29.8 Å². The summed E-state index contributed by atoms with van der Waals surface area (Å²) >= 11 is 0. The smallest absolute Gasteiger partial charge is 0.0252 e. The Morgan fingerprint density at radius 3 is 2.62 bits per heavy atom. The van der Waals surface area contributed by atoms with E-state index in [-0.39, 0.29) is 0 Å². The molecule has 124 valence electrons. The molecule has 2 fully saturated rings. The molecule has 1 aliphatic carbocycles. The molecule has 2 heteroatoms. The Morgan fingerprint density at radius 2 is 1.90 bits per heavy atom. The maximum atomic E-state index is 3.87. The van der Waals surface area contributed by atoms with E-state index in [2.05, 4.69) is 37.9 Å². The third-order valence-corrected chi connectivity index (χ3v) is 5.98. The molecular formula is C19H38N2. The molecule has 2 nitrogen and oxygen atoms in total. The minimum Gasteiger partial charge on any atom is -0.312 e. The fourth-order valence-electron chi connectivity index (χ4n) is 4.37. The summed E-state index contributed by atoms with van der Waals surface area (Å²) in [6.45, 7) is 13.4. The van der Waals surface area contributed by atoms with Crippen LogP contribution < -0.4 is 5.32 Å². The molecule has 0 aromatic heterocycles. The van der Waals surface area contributed by atoms with Gasteiger partial charge in [0.2, 0.25) is 0 Å². The zero-order valence-corrected chi connectivity index (χ0v) is 14.9. The van der Waals surface area contributed by atoms with Gasteiger partial charge >= 0.3 is 0 Å². The number of nitrogens with zero attached hydrogens (tertiary/aromatic N) is 1. The molecule has 1 aliphatic heterocycles. The average Bonchev–Trinajstić information content (AvgIpc) is 2.69. The number of likely N-dealkylation sites (tertiary alicyclic amines) is 1. The number of hydrogen-bond donors (Lipinski definition) is 1. The molecule has 1 heterocycles. The van der Waals surface area contributed by atoms with E-state index in [4.69, 9.17) is 0 Å². The fourth-order valence-corrected chi connectivity index (χ4v) is 4.37. The van der Waals surface area contributed by atoms with Gasteiger partial charge in [-0.2, -0.15) is 0 Å². The van der Waals surface area contributed by atoms with Crippen LogP contribution in [0, 0.1) is 17.8 Å². The van der Waals surface area contributed by atoms with E-state index in [1.807, 2.05) is 0 Å². The zero-order valence-electron chi connectivity index (χ0n) is 14.9. The van der Waals surface area contributed by atoms with Gasteiger partial charge in [-0.3, -0.25) is 4.90 Å². The van der Waals surface area contributed by atoms with Crippen molar-refractivity contribution < 1.29 is 0 Å². The van der Waals surface area contributed by atoms with E-state index in [0.29, 0.717) is 0 Å². The highest BCUT2D eigenvalue weighted by molar-refractivity contribution is 4.92. The molecule has 0 bridgehead atoms. The SMILES string of the molecule is CCCNC1CCC(C(C)C)CC1N1CCCC(C)CC1. The van der Waals surface area contributed by atoms with E-state index < -0.39 is 0 Å². The number of hydrogen-bond acceptors (Lipinski definition) is 2. The lowest BCUT2D eigenvalue weighted by atomic mass is 9.76. The summed E-state index contributed by atoms with van der Waals surface area (Å²) in [5, 5.41) is 3.87. The van der Waals surface area contributed by atoms with Crippen molar-refractivity contribution in [3.63, 3.8) is 0 Å². The van der Waals surface area contributed by atoms with Crippen molar-refractivity contribution in [3.05, 3.63) is 0 Å². The Labute approximate surface area is 133 Å². The first-order valence-corrected chi connectivity index (χ1v) is 9.59. The minimum absolute atomic E-state index is 0.744. The van der Waals surface area contributed by atoms with Crippen molar-refractivity contribution in [3.8, 4) is 0 Å². The van der Waals surface area contributed by atoms with E-state index >= 15 is 0 Å². The van der Waals surface area contributed by atoms with Crippen LogP contribution in [0.1, 0.15) is 72.6 Å². The predicted octanol–water partition coefficient (Wildman–Crippen LogP) is 4.30. The van der Waals surface area contributed by atoms with Gasteiger partial charge in [0.15, 0.2) is 0 Å². The molecule has 21 heavy (non-hydrogen) atoms. The number of rotatable bonds is 5. The van der Waals surface area contributed by atoms with Gasteiger partial charge in [0.1, 0.15) is 0 Å². The van der Waals surface area contributed by atoms with Crippen molar-refractivity contribution in [2.45, 2.75) is 84.7 Å². The molecule has 0 amide bonds. The highest BCUT2D eigenvalue weighted by Gasteiger charge is 2.35. The summed E-state index contributed by atoms with van der Waals surface area (Å²) in [5.74, 6) is 2.72. The van der Waals surface area contributed by atoms with Gasteiger partial charge in [0.05, 0.1) is 0 Å². The van der Waals surface area contributed by atoms with Crippen molar-refractivity contribution in [1.82, 2.24) is 10.2 Å². The topological polar surface area (TPSA) is 15.3 Å². The molecule has 0 aromatic rings. The standard InChI is InChI=1S/C19H38N2/c1-5-11-20-18-9-8-17(15(2)3)14-19(18)21-12-6-7-16(4)10-13-21/h15-20H,5-14H2,1-4H3. The van der Waals surface area contributed by atoms with Gasteiger partial charge in [-0.15, -0.1) is 0 Å². The van der Waals surface area contributed by atoms with E-state index in [9.17, 15) is 0 Å². The van der Waals surface area contributed by atoms with Crippen LogP contribution in [0.5, 0.6) is 0 Å². The van der Waals surface area contributed by atoms with Gasteiger partial charge < -0.3 is 5.32 Å². The van der Waals surface area contributed by atoms with Crippen LogP contribution in [0.15, 0.2) is 0 Å². The molecule has 2 rings (SSSR count). The summed E-state index contributed by atoms with van der Waals surface area (Å²) in [7, 11) is 0. The molecular weight excluding hydrogens is 256 g/mol. The van der Waals surface area contributed by atoms with Gasteiger partial charge in [-0.05, 0) is 82.3 Å². The predicted molar refractivity (Wildman–Crippen MR) is 92.6 cm³/mol. The fraction of sp³-hybridized carbons (Fsp3) is 1.00. The Bertz CT molecular complexity index is 289. The van der Waals surface area contributed by atoms with Crippen LogP contribution >= 0.6 is 0 Å². The summed E-state index contributed by atoms with van der Waals surface area (Å²) in [4.78, 5) is 2.85. The first-order chi connectivity index (χ1) is 10.1. The van der Waals surface area contributed by atoms with Crippen LogP contribution in [-0.4, -0.2) is 36.6 Å². The zero-order chi connectivity index (χ0) is 15.2. The van der Waals surface area contributed by atoms with Crippen LogP contribution in [0.3, 0.4) is 0 Å². The lowest BCUT2D eigenvalue weighted by Gasteiger charge is -2.44. The normalized spacial score (nSPS) is 35.9. The molecule has 0 aromatic carbocycles. The first-order valence-electron chi connectivity index (χ1n) is 9.59. The quantitative estimate of drug-likeness (QED) is 0.813. The Morgan fingerprint density at radius 1 is 1.10 bits per heavy atom. The molecule has 1 saturated carbocycles. The molecule has 1 saturated heterocycles. The highest BCUT2D eigenvalue weighted by Crippen LogP contribution is 2.34. The molecule has 4 unspecified atom stereocenters.